The number of nitrogens with two attached hydrogens (primary N) is 1. The number of nitrogens with zero attached hydrogens (tertiary/aromatic N) is 3. The highest BCUT2D eigenvalue weighted by Gasteiger charge is 2.40. The number of aromatic nitrogens is 3. The maximum Gasteiger partial charge on any atom is 0.251 e. The lowest BCUT2D eigenvalue weighted by Crippen LogP contribution is -2.40. The average molecular weight is 216 g/mol. The van der Waals surface area contributed by atoms with Gasteiger partial charge in [-0.1, -0.05) is 0 Å². The van der Waals surface area contributed by atoms with Crippen LogP contribution in [-0.2, 0) is 0 Å². The van der Waals surface area contributed by atoms with Crippen molar-refractivity contribution in [2.24, 2.45) is 5.73 Å². The first-order valence-corrected chi connectivity index (χ1v) is 4.97. The van der Waals surface area contributed by atoms with E-state index in [1.807, 2.05) is 0 Å². The number of halogens is 2. The Kier molecular flexibility index (Phi) is 2.46. The second kappa shape index (κ2) is 3.52. The molecule has 4 nitrogen and oxygen atoms in total. The molecule has 2 unspecified atom stereocenters. The average Bonchev–Trinajstić information content (AvgIpc) is 2.47. The number of alkyl halides is 2. The van der Waals surface area contributed by atoms with Crippen molar-refractivity contribution in [2.45, 2.75) is 44.2 Å². The molecule has 0 amide bonds. The highest BCUT2D eigenvalue weighted by Crippen LogP contribution is 2.38. The molecule has 1 aromatic rings. The monoisotopic (exact) mass is 216 g/mol. The first-order chi connectivity index (χ1) is 6.98. The van der Waals surface area contributed by atoms with E-state index in [-0.39, 0.29) is 18.9 Å². The summed E-state index contributed by atoms with van der Waals surface area (Å²) in [5.41, 5.74) is 5.62. The second-order valence-corrected chi connectivity index (χ2v) is 4.20. The summed E-state index contributed by atoms with van der Waals surface area (Å²) in [4.78, 5) is 0. The Morgan fingerprint density at radius 3 is 2.80 bits per heavy atom. The molecular weight excluding hydrogens is 202 g/mol. The third kappa shape index (κ3) is 2.14. The summed E-state index contributed by atoms with van der Waals surface area (Å²) in [5, 5.41) is 7.49. The number of rotatable bonds is 1. The van der Waals surface area contributed by atoms with E-state index in [9.17, 15) is 8.78 Å². The van der Waals surface area contributed by atoms with Gasteiger partial charge in [-0.3, -0.25) is 0 Å². The molecule has 0 spiro atoms. The molecule has 1 aromatic heterocycles. The fourth-order valence-corrected chi connectivity index (χ4v) is 2.20. The molecule has 1 aliphatic rings. The zero-order valence-corrected chi connectivity index (χ0v) is 8.53. The normalized spacial score (nSPS) is 30.4. The Bertz CT molecular complexity index is 350. The van der Waals surface area contributed by atoms with Crippen LogP contribution >= 0.6 is 0 Å². The predicted molar refractivity (Wildman–Crippen MR) is 50.6 cm³/mol. The van der Waals surface area contributed by atoms with E-state index in [0.29, 0.717) is 12.2 Å². The first-order valence-electron chi connectivity index (χ1n) is 4.97. The molecule has 0 radical (unpaired) electrons. The quantitative estimate of drug-likeness (QED) is 0.769. The van der Waals surface area contributed by atoms with Gasteiger partial charge in [0.25, 0.3) is 5.92 Å². The lowest BCUT2D eigenvalue weighted by molar-refractivity contribution is -0.0560. The molecule has 2 rings (SSSR count). The van der Waals surface area contributed by atoms with Gasteiger partial charge >= 0.3 is 0 Å². The van der Waals surface area contributed by atoms with Crippen LogP contribution in [0.2, 0.25) is 0 Å². The Morgan fingerprint density at radius 1 is 1.53 bits per heavy atom. The number of hydrogen-bond donors (Lipinski definition) is 1. The molecule has 1 heterocycles. The van der Waals surface area contributed by atoms with Crippen molar-refractivity contribution in [3.8, 4) is 0 Å². The minimum atomic E-state index is -2.67. The van der Waals surface area contributed by atoms with Crippen molar-refractivity contribution in [3.63, 3.8) is 0 Å². The molecule has 1 aliphatic carbocycles. The lowest BCUT2D eigenvalue weighted by Gasteiger charge is -2.33. The highest BCUT2D eigenvalue weighted by atomic mass is 19.3. The van der Waals surface area contributed by atoms with E-state index < -0.39 is 12.0 Å². The summed E-state index contributed by atoms with van der Waals surface area (Å²) >= 11 is 0. The molecule has 1 saturated carbocycles. The van der Waals surface area contributed by atoms with Gasteiger partial charge in [0.2, 0.25) is 0 Å². The summed E-state index contributed by atoms with van der Waals surface area (Å²) in [5.74, 6) is -2.01. The molecule has 1 fully saturated rings. The Labute approximate surface area is 86.5 Å². The predicted octanol–water partition coefficient (Wildman–Crippen LogP) is 1.27. The fourth-order valence-electron chi connectivity index (χ4n) is 2.20. The van der Waals surface area contributed by atoms with Crippen LogP contribution in [0.5, 0.6) is 0 Å². The molecule has 84 valence electrons. The van der Waals surface area contributed by atoms with Crippen LogP contribution in [0.25, 0.3) is 0 Å². The molecule has 0 bridgehead atoms. The minimum Gasteiger partial charge on any atom is -0.327 e. The van der Waals surface area contributed by atoms with Gasteiger partial charge in [0.1, 0.15) is 12.2 Å². The van der Waals surface area contributed by atoms with Gasteiger partial charge in [0.15, 0.2) is 0 Å². The van der Waals surface area contributed by atoms with E-state index in [2.05, 4.69) is 10.2 Å². The molecule has 0 saturated heterocycles. The van der Waals surface area contributed by atoms with E-state index >= 15 is 0 Å². The smallest absolute Gasteiger partial charge is 0.251 e. The third-order valence-electron chi connectivity index (χ3n) is 2.82. The fraction of sp³-hybridized carbons (Fsp3) is 0.778. The van der Waals surface area contributed by atoms with Gasteiger partial charge in [-0.25, -0.2) is 8.78 Å². The van der Waals surface area contributed by atoms with Crippen molar-refractivity contribution in [1.82, 2.24) is 14.8 Å². The summed E-state index contributed by atoms with van der Waals surface area (Å²) in [7, 11) is 0. The highest BCUT2D eigenvalue weighted by molar-refractivity contribution is 4.93. The van der Waals surface area contributed by atoms with Crippen molar-refractivity contribution >= 4 is 0 Å². The van der Waals surface area contributed by atoms with Crippen LogP contribution in [0.1, 0.15) is 31.1 Å². The van der Waals surface area contributed by atoms with Gasteiger partial charge < -0.3 is 10.3 Å². The van der Waals surface area contributed by atoms with Crippen LogP contribution in [0, 0.1) is 6.92 Å². The molecular formula is C9H14F2N4. The number of aryl methyl sites for hydroxylation is 1. The Hall–Kier alpha value is -1.04. The van der Waals surface area contributed by atoms with Gasteiger partial charge in [0.05, 0.1) is 0 Å². The largest absolute Gasteiger partial charge is 0.327 e. The van der Waals surface area contributed by atoms with Crippen molar-refractivity contribution in [1.29, 1.82) is 0 Å². The molecule has 2 N–H and O–H groups in total. The van der Waals surface area contributed by atoms with Crippen molar-refractivity contribution < 1.29 is 8.78 Å². The molecule has 0 aromatic carbocycles. The Morgan fingerprint density at radius 2 is 2.27 bits per heavy atom. The van der Waals surface area contributed by atoms with E-state index in [0.717, 1.165) is 0 Å². The third-order valence-corrected chi connectivity index (χ3v) is 2.82. The zero-order chi connectivity index (χ0) is 11.1. The van der Waals surface area contributed by atoms with Crippen LogP contribution in [0.3, 0.4) is 0 Å². The van der Waals surface area contributed by atoms with Crippen molar-refractivity contribution in [3.05, 3.63) is 12.2 Å². The van der Waals surface area contributed by atoms with Gasteiger partial charge in [-0.05, 0) is 13.3 Å². The van der Waals surface area contributed by atoms with Gasteiger partial charge in [-0.2, -0.15) is 0 Å². The molecule has 2 atom stereocenters. The topological polar surface area (TPSA) is 56.7 Å². The summed E-state index contributed by atoms with van der Waals surface area (Å²) in [6, 6.07) is -0.723. The first kappa shape index (κ1) is 10.5. The molecule has 0 aliphatic heterocycles. The Balaban J connectivity index is 2.20. The second-order valence-electron chi connectivity index (χ2n) is 4.20. The van der Waals surface area contributed by atoms with E-state index in [1.165, 1.54) is 6.33 Å². The maximum atomic E-state index is 13.3. The van der Waals surface area contributed by atoms with Crippen LogP contribution in [-0.4, -0.2) is 26.7 Å². The standard InChI is InChI=1S/C9H14F2N4/c1-6-14-13-5-15(6)8-2-7(12)3-9(10,11)4-8/h5,7-8H,2-4,12H2,1H3. The molecule has 6 heteroatoms. The lowest BCUT2D eigenvalue weighted by atomic mass is 9.88. The maximum absolute atomic E-state index is 13.3. The van der Waals surface area contributed by atoms with Crippen LogP contribution in [0.4, 0.5) is 8.78 Å². The van der Waals surface area contributed by atoms with Crippen molar-refractivity contribution in [2.75, 3.05) is 0 Å². The molecule has 15 heavy (non-hydrogen) atoms. The summed E-state index contributed by atoms with van der Waals surface area (Å²) in [6.45, 7) is 1.76. The van der Waals surface area contributed by atoms with E-state index in [1.54, 1.807) is 11.5 Å². The zero-order valence-electron chi connectivity index (χ0n) is 8.53. The van der Waals surface area contributed by atoms with Gasteiger partial charge in [-0.15, -0.1) is 10.2 Å². The minimum absolute atomic E-state index is 0.167. The van der Waals surface area contributed by atoms with Crippen LogP contribution < -0.4 is 5.73 Å². The van der Waals surface area contributed by atoms with Crippen LogP contribution in [0.15, 0.2) is 6.33 Å². The SMILES string of the molecule is Cc1nncn1C1CC(N)CC(F)(F)C1. The summed E-state index contributed by atoms with van der Waals surface area (Å²) in [6.07, 6.45) is 1.67. The van der Waals surface area contributed by atoms with E-state index in [4.69, 9.17) is 5.73 Å². The number of hydrogen-bond acceptors (Lipinski definition) is 3. The van der Waals surface area contributed by atoms with Gasteiger partial charge in [0, 0.05) is 24.9 Å². The summed E-state index contributed by atoms with van der Waals surface area (Å²) < 4.78 is 28.3.